The van der Waals surface area contributed by atoms with Crippen LogP contribution < -0.4 is 10.1 Å². The molecule has 0 aliphatic carbocycles. The van der Waals surface area contributed by atoms with E-state index in [1.165, 1.54) is 0 Å². The average molecular weight is 207 g/mol. The highest BCUT2D eigenvalue weighted by molar-refractivity contribution is 5.38. The number of hydrogen-bond donors (Lipinski definition) is 1. The molecular weight excluding hydrogens is 190 g/mol. The van der Waals surface area contributed by atoms with Crippen LogP contribution in [-0.4, -0.2) is 23.1 Å². The Kier molecular flexibility index (Phi) is 4.60. The normalized spacial score (nSPS) is 9.73. The molecule has 0 unspecified atom stereocenters. The van der Waals surface area contributed by atoms with Crippen molar-refractivity contribution in [3.05, 3.63) is 24.5 Å². The molecule has 4 nitrogen and oxygen atoms in total. The highest BCUT2D eigenvalue weighted by Crippen LogP contribution is 2.12. The third-order valence-corrected chi connectivity index (χ3v) is 1.76. The van der Waals surface area contributed by atoms with Crippen LogP contribution >= 0.6 is 0 Å². The van der Waals surface area contributed by atoms with Crippen LogP contribution in [0.2, 0.25) is 0 Å². The maximum absolute atomic E-state index is 5.32. The predicted octanol–water partition coefficient (Wildman–Crippen LogP) is 2.17. The van der Waals surface area contributed by atoms with Gasteiger partial charge in [0.2, 0.25) is 5.88 Å². The van der Waals surface area contributed by atoms with E-state index >= 15 is 0 Å². The molecule has 0 aliphatic heterocycles. The lowest BCUT2D eigenvalue weighted by Gasteiger charge is -2.07. The highest BCUT2D eigenvalue weighted by Gasteiger charge is 2.01. The molecular formula is C11H17N3O. The molecule has 82 valence electrons. The summed E-state index contributed by atoms with van der Waals surface area (Å²) in [4.78, 5) is 8.41. The van der Waals surface area contributed by atoms with Gasteiger partial charge in [-0.1, -0.05) is 6.08 Å². The van der Waals surface area contributed by atoms with Crippen molar-refractivity contribution < 1.29 is 4.74 Å². The second-order valence-electron chi connectivity index (χ2n) is 3.08. The molecule has 0 saturated heterocycles. The second kappa shape index (κ2) is 6.01. The van der Waals surface area contributed by atoms with Crippen molar-refractivity contribution >= 4 is 5.82 Å². The molecule has 0 aromatic carbocycles. The van der Waals surface area contributed by atoms with Gasteiger partial charge in [-0.05, 0) is 20.3 Å². The third-order valence-electron chi connectivity index (χ3n) is 1.76. The fourth-order valence-corrected chi connectivity index (χ4v) is 1.15. The van der Waals surface area contributed by atoms with Gasteiger partial charge in [0.15, 0.2) is 0 Å². The molecule has 1 aromatic rings. The van der Waals surface area contributed by atoms with E-state index in [0.29, 0.717) is 18.3 Å². The first-order chi connectivity index (χ1) is 7.26. The van der Waals surface area contributed by atoms with Gasteiger partial charge in [0.25, 0.3) is 0 Å². The van der Waals surface area contributed by atoms with E-state index in [4.69, 9.17) is 4.74 Å². The van der Waals surface area contributed by atoms with Crippen LogP contribution in [0.1, 0.15) is 19.2 Å². The summed E-state index contributed by atoms with van der Waals surface area (Å²) < 4.78 is 5.32. The van der Waals surface area contributed by atoms with Gasteiger partial charge in [-0.15, -0.1) is 6.58 Å². The van der Waals surface area contributed by atoms with Gasteiger partial charge in [-0.25, -0.2) is 4.98 Å². The molecule has 1 heterocycles. The first kappa shape index (κ1) is 11.5. The van der Waals surface area contributed by atoms with Gasteiger partial charge < -0.3 is 10.1 Å². The Hall–Kier alpha value is -1.58. The van der Waals surface area contributed by atoms with Crippen LogP contribution in [0.5, 0.6) is 5.88 Å². The summed E-state index contributed by atoms with van der Waals surface area (Å²) >= 11 is 0. The zero-order chi connectivity index (χ0) is 11.1. The fourth-order valence-electron chi connectivity index (χ4n) is 1.15. The van der Waals surface area contributed by atoms with Gasteiger partial charge >= 0.3 is 0 Å². The maximum Gasteiger partial charge on any atom is 0.218 e. The Morgan fingerprint density at radius 3 is 3.00 bits per heavy atom. The van der Waals surface area contributed by atoms with Crippen molar-refractivity contribution in [2.45, 2.75) is 20.3 Å². The minimum Gasteiger partial charge on any atom is -0.478 e. The number of anilines is 1. The summed E-state index contributed by atoms with van der Waals surface area (Å²) in [5.41, 5.74) is 0. The summed E-state index contributed by atoms with van der Waals surface area (Å²) in [5.74, 6) is 2.13. The van der Waals surface area contributed by atoms with Gasteiger partial charge in [0.1, 0.15) is 11.6 Å². The van der Waals surface area contributed by atoms with Gasteiger partial charge in [0.05, 0.1) is 6.61 Å². The molecule has 0 fully saturated rings. The summed E-state index contributed by atoms with van der Waals surface area (Å²) in [6.45, 7) is 8.88. The number of aromatic nitrogens is 2. The Balaban J connectivity index is 2.65. The zero-order valence-electron chi connectivity index (χ0n) is 9.29. The number of hydrogen-bond acceptors (Lipinski definition) is 4. The van der Waals surface area contributed by atoms with Crippen molar-refractivity contribution in [3.63, 3.8) is 0 Å². The Bertz CT molecular complexity index is 326. The summed E-state index contributed by atoms with van der Waals surface area (Å²) in [7, 11) is 0. The molecule has 0 aliphatic rings. The van der Waals surface area contributed by atoms with E-state index in [1.807, 2.05) is 19.9 Å². The van der Waals surface area contributed by atoms with Gasteiger partial charge in [-0.2, -0.15) is 4.98 Å². The van der Waals surface area contributed by atoms with Crippen LogP contribution in [0.15, 0.2) is 18.7 Å². The van der Waals surface area contributed by atoms with E-state index in [9.17, 15) is 0 Å². The Morgan fingerprint density at radius 2 is 2.33 bits per heavy atom. The monoisotopic (exact) mass is 207 g/mol. The number of rotatable bonds is 6. The van der Waals surface area contributed by atoms with Gasteiger partial charge in [0, 0.05) is 12.6 Å². The van der Waals surface area contributed by atoms with E-state index in [1.54, 1.807) is 6.07 Å². The number of aryl methyl sites for hydroxylation is 1. The average Bonchev–Trinajstić information content (AvgIpc) is 2.18. The van der Waals surface area contributed by atoms with Crippen molar-refractivity contribution in [3.8, 4) is 5.88 Å². The summed E-state index contributed by atoms with van der Waals surface area (Å²) in [5, 5.41) is 3.18. The molecule has 0 amide bonds. The molecule has 0 radical (unpaired) electrons. The van der Waals surface area contributed by atoms with Crippen molar-refractivity contribution in [2.24, 2.45) is 0 Å². The summed E-state index contributed by atoms with van der Waals surface area (Å²) in [6.07, 6.45) is 2.78. The molecule has 0 atom stereocenters. The minimum atomic E-state index is 0.614. The summed E-state index contributed by atoms with van der Waals surface area (Å²) in [6, 6.07) is 1.81. The molecule has 0 saturated carbocycles. The standard InChI is InChI=1S/C11H17N3O/c1-4-6-7-12-10-8-11(15-5-2)14-9(3)13-10/h4,8H,1,5-7H2,2-3H3,(H,12,13,14). The fraction of sp³-hybridized carbons (Fsp3) is 0.455. The first-order valence-corrected chi connectivity index (χ1v) is 5.09. The Morgan fingerprint density at radius 1 is 1.53 bits per heavy atom. The molecule has 1 N–H and O–H groups in total. The molecule has 0 bridgehead atoms. The van der Waals surface area contributed by atoms with E-state index in [-0.39, 0.29) is 0 Å². The molecule has 15 heavy (non-hydrogen) atoms. The maximum atomic E-state index is 5.32. The number of nitrogens with zero attached hydrogens (tertiary/aromatic N) is 2. The van der Waals surface area contributed by atoms with Crippen LogP contribution in [-0.2, 0) is 0 Å². The first-order valence-electron chi connectivity index (χ1n) is 5.09. The van der Waals surface area contributed by atoms with Gasteiger partial charge in [-0.3, -0.25) is 0 Å². The third kappa shape index (κ3) is 3.97. The second-order valence-corrected chi connectivity index (χ2v) is 3.08. The zero-order valence-corrected chi connectivity index (χ0v) is 9.29. The van der Waals surface area contributed by atoms with Crippen molar-refractivity contribution in [1.82, 2.24) is 9.97 Å². The topological polar surface area (TPSA) is 47.0 Å². The highest BCUT2D eigenvalue weighted by atomic mass is 16.5. The molecule has 0 spiro atoms. The Labute approximate surface area is 90.4 Å². The molecule has 1 rings (SSSR count). The quantitative estimate of drug-likeness (QED) is 0.573. The van der Waals surface area contributed by atoms with Crippen molar-refractivity contribution in [2.75, 3.05) is 18.5 Å². The van der Waals surface area contributed by atoms with Crippen LogP contribution in [0, 0.1) is 6.92 Å². The molecule has 1 aromatic heterocycles. The predicted molar refractivity (Wildman–Crippen MR) is 61.2 cm³/mol. The largest absolute Gasteiger partial charge is 0.478 e. The van der Waals surface area contributed by atoms with Crippen LogP contribution in [0.3, 0.4) is 0 Å². The lowest BCUT2D eigenvalue weighted by Crippen LogP contribution is -2.05. The van der Waals surface area contributed by atoms with E-state index in [0.717, 1.165) is 18.8 Å². The number of ether oxygens (including phenoxy) is 1. The minimum absolute atomic E-state index is 0.614. The van der Waals surface area contributed by atoms with E-state index in [2.05, 4.69) is 21.9 Å². The lowest BCUT2D eigenvalue weighted by molar-refractivity contribution is 0.325. The smallest absolute Gasteiger partial charge is 0.218 e. The lowest BCUT2D eigenvalue weighted by atomic mass is 10.4. The van der Waals surface area contributed by atoms with Crippen LogP contribution in [0.25, 0.3) is 0 Å². The van der Waals surface area contributed by atoms with Crippen LogP contribution in [0.4, 0.5) is 5.82 Å². The van der Waals surface area contributed by atoms with Crippen molar-refractivity contribution in [1.29, 1.82) is 0 Å². The SMILES string of the molecule is C=CCCNc1cc(OCC)nc(C)n1. The van der Waals surface area contributed by atoms with E-state index < -0.39 is 0 Å². The number of nitrogens with one attached hydrogen (secondary N) is 1. The molecule has 4 heteroatoms.